The Kier molecular flexibility index (Phi) is 9.81. The quantitative estimate of drug-likeness (QED) is 0.174. The third kappa shape index (κ3) is 6.96. The first-order valence-electron chi connectivity index (χ1n) is 13.4. The Bertz CT molecular complexity index is 1590. The number of nitrogens with zero attached hydrogens (tertiary/aromatic N) is 3. The van der Waals surface area contributed by atoms with E-state index in [0.717, 1.165) is 51.6 Å². The molecule has 1 N–H and O–H groups in total. The van der Waals surface area contributed by atoms with Gasteiger partial charge in [-0.15, -0.1) is 11.3 Å². The molecule has 0 aliphatic carbocycles. The van der Waals surface area contributed by atoms with Crippen molar-refractivity contribution in [2.24, 2.45) is 5.41 Å². The highest BCUT2D eigenvalue weighted by Crippen LogP contribution is 2.46. The largest absolute Gasteiger partial charge is 0.385 e. The lowest BCUT2D eigenvalue weighted by molar-refractivity contribution is -0.107. The molecule has 0 spiro atoms. The van der Waals surface area contributed by atoms with Gasteiger partial charge < -0.3 is 14.8 Å². The molecular weight excluding hydrogens is 535 g/mol. The zero-order valence-corrected chi connectivity index (χ0v) is 24.6. The van der Waals surface area contributed by atoms with Gasteiger partial charge in [0.15, 0.2) is 5.13 Å². The van der Waals surface area contributed by atoms with E-state index in [-0.39, 0.29) is 11.7 Å². The average Bonchev–Trinajstić information content (AvgIpc) is 3.61. The summed E-state index contributed by atoms with van der Waals surface area (Å²) in [5.41, 5.74) is 5.22. The first-order chi connectivity index (χ1) is 19.8. The Labute approximate surface area is 244 Å². The van der Waals surface area contributed by atoms with E-state index < -0.39 is 5.41 Å². The lowest BCUT2D eigenvalue weighted by Gasteiger charge is -2.37. The van der Waals surface area contributed by atoms with Crippen molar-refractivity contribution in [3.05, 3.63) is 119 Å². The minimum absolute atomic E-state index is 0.0123. The van der Waals surface area contributed by atoms with Gasteiger partial charge in [0.25, 0.3) is 0 Å². The number of aromatic nitrogens is 3. The molecule has 3 aromatic carbocycles. The summed E-state index contributed by atoms with van der Waals surface area (Å²) in [6, 6.07) is 23.1. The molecular formula is C33H35FN4O2S. The van der Waals surface area contributed by atoms with E-state index in [9.17, 15) is 9.18 Å². The highest BCUT2D eigenvalue weighted by molar-refractivity contribution is 7.13. The van der Waals surface area contributed by atoms with Crippen molar-refractivity contribution in [2.45, 2.75) is 33.1 Å². The lowest BCUT2D eigenvalue weighted by Crippen LogP contribution is -2.28. The molecule has 1 unspecified atom stereocenters. The summed E-state index contributed by atoms with van der Waals surface area (Å²) in [6.45, 7) is 11.5. The standard InChI is InChI=1S/C30H27FN4OS.C3H8O/c1-20(33-29-34-25(15-16-36)19-37-29)30(2,3)28(21-7-5-4-6-8-21)22-9-14-27-23(17-22)18-32-35(27)26-12-10-24(31)11-13-26;1-3-4-2/h4-14,16-19,28H,1,15H2,2-3H3,(H,33,34);3H2,1-2H3. The van der Waals surface area contributed by atoms with E-state index in [2.05, 4.69) is 70.9 Å². The van der Waals surface area contributed by atoms with Crippen molar-refractivity contribution in [1.29, 1.82) is 0 Å². The summed E-state index contributed by atoms with van der Waals surface area (Å²) in [7, 11) is 1.68. The van der Waals surface area contributed by atoms with Gasteiger partial charge in [-0.2, -0.15) is 5.10 Å². The molecule has 5 rings (SSSR count). The number of aldehydes is 1. The molecule has 2 heterocycles. The number of carbonyl (C=O) groups is 1. The summed E-state index contributed by atoms with van der Waals surface area (Å²) < 4.78 is 19.8. The van der Waals surface area contributed by atoms with Crippen LogP contribution in [-0.4, -0.2) is 34.8 Å². The number of carbonyl (C=O) groups excluding carboxylic acids is 1. The van der Waals surface area contributed by atoms with Crippen LogP contribution in [0.1, 0.15) is 43.5 Å². The van der Waals surface area contributed by atoms with Crippen LogP contribution < -0.4 is 5.32 Å². The van der Waals surface area contributed by atoms with Crippen LogP contribution in [0.4, 0.5) is 9.52 Å². The first kappa shape index (κ1) is 29.8. The molecule has 0 aliphatic rings. The van der Waals surface area contributed by atoms with Crippen LogP contribution in [0.3, 0.4) is 0 Å². The molecule has 6 nitrogen and oxygen atoms in total. The fourth-order valence-electron chi connectivity index (χ4n) is 4.70. The van der Waals surface area contributed by atoms with Gasteiger partial charge in [-0.1, -0.05) is 56.8 Å². The van der Waals surface area contributed by atoms with Gasteiger partial charge in [-0.05, 0) is 54.4 Å². The number of benzene rings is 3. The number of nitrogens with one attached hydrogen (secondary N) is 1. The number of hydrogen-bond donors (Lipinski definition) is 1. The summed E-state index contributed by atoms with van der Waals surface area (Å²) in [5, 5.41) is 11.6. The van der Waals surface area contributed by atoms with Gasteiger partial charge in [0.05, 0.1) is 23.1 Å². The van der Waals surface area contributed by atoms with Crippen LogP contribution in [0.2, 0.25) is 0 Å². The Morgan fingerprint density at radius 1 is 1.12 bits per heavy atom. The number of fused-ring (bicyclic) bond motifs is 1. The molecule has 0 saturated heterocycles. The molecule has 0 fully saturated rings. The predicted octanol–water partition coefficient (Wildman–Crippen LogP) is 7.80. The summed E-state index contributed by atoms with van der Waals surface area (Å²) >= 11 is 1.46. The Balaban J connectivity index is 0.000000909. The molecule has 0 aliphatic heterocycles. The second-order valence-corrected chi connectivity index (χ2v) is 11.0. The van der Waals surface area contributed by atoms with Crippen molar-refractivity contribution in [3.8, 4) is 5.69 Å². The molecule has 212 valence electrons. The molecule has 41 heavy (non-hydrogen) atoms. The number of methoxy groups -OCH3 is 1. The molecule has 0 bridgehead atoms. The van der Waals surface area contributed by atoms with Gasteiger partial charge in [0, 0.05) is 47.9 Å². The first-order valence-corrected chi connectivity index (χ1v) is 14.3. The van der Waals surface area contributed by atoms with Gasteiger partial charge in [0.1, 0.15) is 12.1 Å². The fourth-order valence-corrected chi connectivity index (χ4v) is 5.45. The summed E-state index contributed by atoms with van der Waals surface area (Å²) in [5.74, 6) is -0.288. The molecule has 0 radical (unpaired) electrons. The van der Waals surface area contributed by atoms with E-state index in [1.807, 2.05) is 41.4 Å². The maximum Gasteiger partial charge on any atom is 0.187 e. The van der Waals surface area contributed by atoms with Crippen molar-refractivity contribution in [3.63, 3.8) is 0 Å². The highest BCUT2D eigenvalue weighted by Gasteiger charge is 2.35. The molecule has 0 saturated carbocycles. The highest BCUT2D eigenvalue weighted by atomic mass is 32.1. The topological polar surface area (TPSA) is 69.0 Å². The maximum absolute atomic E-state index is 13.4. The number of hydrogen-bond acceptors (Lipinski definition) is 6. The summed E-state index contributed by atoms with van der Waals surface area (Å²) in [6.07, 6.45) is 3.00. The number of thiazole rings is 1. The van der Waals surface area contributed by atoms with Crippen molar-refractivity contribution in [1.82, 2.24) is 14.8 Å². The Morgan fingerprint density at radius 2 is 1.83 bits per heavy atom. The number of anilines is 1. The van der Waals surface area contributed by atoms with Crippen LogP contribution in [0.15, 0.2) is 96.6 Å². The minimum atomic E-state index is -0.404. The Hall–Kier alpha value is -4.14. The van der Waals surface area contributed by atoms with Gasteiger partial charge >= 0.3 is 0 Å². The van der Waals surface area contributed by atoms with E-state index in [0.29, 0.717) is 6.42 Å². The third-order valence-electron chi connectivity index (χ3n) is 7.02. The normalized spacial score (nSPS) is 11.9. The number of allylic oxidation sites excluding steroid dienone is 1. The second-order valence-electron chi connectivity index (χ2n) is 10.1. The number of rotatable bonds is 10. The Morgan fingerprint density at radius 3 is 2.49 bits per heavy atom. The van der Waals surface area contributed by atoms with E-state index in [1.54, 1.807) is 19.2 Å². The van der Waals surface area contributed by atoms with Crippen LogP contribution in [0.25, 0.3) is 16.6 Å². The van der Waals surface area contributed by atoms with E-state index >= 15 is 0 Å². The monoisotopic (exact) mass is 570 g/mol. The van der Waals surface area contributed by atoms with Gasteiger partial charge in [-0.3, -0.25) is 0 Å². The van der Waals surface area contributed by atoms with Crippen LogP contribution in [-0.2, 0) is 16.0 Å². The molecule has 1 atom stereocenters. The lowest BCUT2D eigenvalue weighted by atomic mass is 9.69. The predicted molar refractivity (Wildman–Crippen MR) is 165 cm³/mol. The number of halogens is 1. The van der Waals surface area contributed by atoms with Crippen LogP contribution in [0, 0.1) is 11.2 Å². The maximum atomic E-state index is 13.4. The zero-order chi connectivity index (χ0) is 29.4. The fraction of sp³-hybridized carbons (Fsp3) is 0.242. The molecule has 8 heteroatoms. The van der Waals surface area contributed by atoms with Gasteiger partial charge in [0.2, 0.25) is 0 Å². The molecule has 0 amide bonds. The van der Waals surface area contributed by atoms with E-state index in [4.69, 9.17) is 0 Å². The SMILES string of the molecule is C=C(Nc1nc(CC=O)cs1)C(C)(C)C(c1ccccc1)c1ccc2c(cnn2-c2ccc(F)cc2)c1.CCOC. The van der Waals surface area contributed by atoms with Gasteiger partial charge in [-0.25, -0.2) is 14.1 Å². The second kappa shape index (κ2) is 13.5. The van der Waals surface area contributed by atoms with Crippen molar-refractivity contribution >= 4 is 33.7 Å². The molecule has 2 aromatic heterocycles. The number of ether oxygens (including phenoxy) is 1. The van der Waals surface area contributed by atoms with E-state index in [1.165, 1.54) is 29.0 Å². The molecule has 5 aromatic rings. The van der Waals surface area contributed by atoms with Crippen molar-refractivity contribution in [2.75, 3.05) is 19.0 Å². The average molecular weight is 571 g/mol. The third-order valence-corrected chi connectivity index (χ3v) is 7.83. The smallest absolute Gasteiger partial charge is 0.187 e. The van der Waals surface area contributed by atoms with Crippen LogP contribution >= 0.6 is 11.3 Å². The summed E-state index contributed by atoms with van der Waals surface area (Å²) in [4.78, 5) is 15.4. The van der Waals surface area contributed by atoms with Crippen molar-refractivity contribution < 1.29 is 13.9 Å². The van der Waals surface area contributed by atoms with Crippen LogP contribution in [0.5, 0.6) is 0 Å². The minimum Gasteiger partial charge on any atom is -0.385 e. The zero-order valence-electron chi connectivity index (χ0n) is 23.8.